The van der Waals surface area contributed by atoms with Crippen LogP contribution in [0, 0.1) is 11.6 Å². The van der Waals surface area contributed by atoms with E-state index in [1.54, 1.807) is 27.1 Å². The predicted octanol–water partition coefficient (Wildman–Crippen LogP) is 4.40. The van der Waals surface area contributed by atoms with E-state index in [0.29, 0.717) is 48.8 Å². The highest BCUT2D eigenvalue weighted by Gasteiger charge is 2.44. The Bertz CT molecular complexity index is 1560. The molecule has 2 aliphatic rings. The number of benzene rings is 2. The lowest BCUT2D eigenvalue weighted by atomic mass is 9.84. The summed E-state index contributed by atoms with van der Waals surface area (Å²) in [5, 5.41) is 0. The maximum Gasteiger partial charge on any atom is 0.417 e. The Kier molecular flexibility index (Phi) is 8.17. The van der Waals surface area contributed by atoms with Crippen molar-refractivity contribution in [2.24, 2.45) is 0 Å². The topological polar surface area (TPSA) is 82.0 Å². The van der Waals surface area contributed by atoms with Gasteiger partial charge in [0.25, 0.3) is 0 Å². The molecule has 13 heteroatoms. The molecule has 0 unspecified atom stereocenters. The fourth-order valence-electron chi connectivity index (χ4n) is 5.79. The molecular weight excluding hydrogens is 563 g/mol. The number of H-pyrrole nitrogens is 1. The second-order valence-corrected chi connectivity index (χ2v) is 11.0. The number of fused-ring (bicyclic) bond motifs is 3. The molecule has 1 saturated heterocycles. The van der Waals surface area contributed by atoms with Crippen LogP contribution in [-0.2, 0) is 11.2 Å². The zero-order valence-corrected chi connectivity index (χ0v) is 23.3. The van der Waals surface area contributed by atoms with E-state index in [4.69, 9.17) is 9.15 Å². The van der Waals surface area contributed by atoms with Gasteiger partial charge in [0.05, 0.1) is 23.7 Å². The number of alkyl halides is 3. The van der Waals surface area contributed by atoms with Crippen LogP contribution in [0.2, 0.25) is 0 Å². The monoisotopic (exact) mass is 594 g/mol. The van der Waals surface area contributed by atoms with Gasteiger partial charge in [0.1, 0.15) is 23.5 Å². The Labute approximate surface area is 238 Å². The van der Waals surface area contributed by atoms with Crippen LogP contribution >= 0.6 is 0 Å². The molecule has 0 bridgehead atoms. The Morgan fingerprint density at radius 2 is 2.00 bits per heavy atom. The number of likely N-dealkylation sites (tertiary alicyclic amines) is 1. The molecule has 1 aromatic heterocycles. The Morgan fingerprint density at radius 3 is 2.71 bits per heavy atom. The van der Waals surface area contributed by atoms with Crippen molar-refractivity contribution < 1.29 is 35.9 Å². The van der Waals surface area contributed by atoms with E-state index in [-0.39, 0.29) is 29.2 Å². The molecule has 2 aliphatic heterocycles. The fourth-order valence-corrected chi connectivity index (χ4v) is 5.79. The zero-order chi connectivity index (χ0) is 30.3. The Balaban J connectivity index is 1.52. The fraction of sp³-hybridized carbons (Fsp3) is 0.448. The van der Waals surface area contributed by atoms with Crippen molar-refractivity contribution in [1.29, 1.82) is 0 Å². The van der Waals surface area contributed by atoms with Gasteiger partial charge in [0, 0.05) is 63.5 Å². The summed E-state index contributed by atoms with van der Waals surface area (Å²) in [7, 11) is 3.28. The summed E-state index contributed by atoms with van der Waals surface area (Å²) in [6.07, 6.45) is -1.32. The number of hydrogen-bond acceptors (Lipinski definition) is 6. The first-order chi connectivity index (χ1) is 19.8. The molecule has 0 spiro atoms. The summed E-state index contributed by atoms with van der Waals surface area (Å²) in [5.74, 6) is -3.04. The van der Waals surface area contributed by atoms with Crippen molar-refractivity contribution in [3.05, 3.63) is 75.3 Å². The van der Waals surface area contributed by atoms with Gasteiger partial charge in [0.15, 0.2) is 5.58 Å². The molecule has 3 heterocycles. The smallest absolute Gasteiger partial charge is 0.417 e. The van der Waals surface area contributed by atoms with E-state index in [0.717, 1.165) is 11.0 Å². The summed E-state index contributed by atoms with van der Waals surface area (Å²) in [6.45, 7) is 1.66. The lowest BCUT2D eigenvalue weighted by molar-refractivity contribution is -0.155. The molecule has 5 rings (SSSR count). The molecule has 42 heavy (non-hydrogen) atoms. The van der Waals surface area contributed by atoms with Crippen LogP contribution in [-0.4, -0.2) is 84.2 Å². The number of aromatic nitrogens is 1. The van der Waals surface area contributed by atoms with Gasteiger partial charge in [-0.2, -0.15) is 13.2 Å². The number of aromatic amines is 1. The highest BCUT2D eigenvalue weighted by atomic mass is 19.4. The number of nitrogens with zero attached hydrogens (tertiary/aromatic N) is 3. The molecule has 0 saturated carbocycles. The minimum Gasteiger partial charge on any atom is -0.488 e. The first kappa shape index (κ1) is 29.8. The van der Waals surface area contributed by atoms with Gasteiger partial charge in [-0.15, -0.1) is 0 Å². The number of amides is 1. The lowest BCUT2D eigenvalue weighted by Crippen LogP contribution is -2.47. The van der Waals surface area contributed by atoms with Gasteiger partial charge in [-0.1, -0.05) is 12.1 Å². The largest absolute Gasteiger partial charge is 0.488 e. The normalized spacial score (nSPS) is 21.8. The minimum atomic E-state index is -4.61. The molecule has 1 fully saturated rings. The highest BCUT2D eigenvalue weighted by molar-refractivity contribution is 5.87. The van der Waals surface area contributed by atoms with Crippen LogP contribution in [0.15, 0.2) is 45.6 Å². The number of rotatable bonds is 7. The maximum atomic E-state index is 15.7. The van der Waals surface area contributed by atoms with E-state index >= 15 is 4.39 Å². The summed E-state index contributed by atoms with van der Waals surface area (Å²) >= 11 is 0. The number of halogens is 5. The van der Waals surface area contributed by atoms with E-state index in [1.807, 2.05) is 4.90 Å². The summed E-state index contributed by atoms with van der Waals surface area (Å²) in [6, 6.07) is 2.62. The number of hydrogen-bond donors (Lipinski definition) is 1. The molecular formula is C29H31F5N4O4. The van der Waals surface area contributed by atoms with Crippen LogP contribution in [0.3, 0.4) is 0 Å². The number of nitrogens with one attached hydrogen (secondary N) is 1. The van der Waals surface area contributed by atoms with Gasteiger partial charge < -0.3 is 14.1 Å². The summed E-state index contributed by atoms with van der Waals surface area (Å²) < 4.78 is 83.3. The molecule has 8 nitrogen and oxygen atoms in total. The first-order valence-electron chi connectivity index (χ1n) is 13.5. The van der Waals surface area contributed by atoms with Crippen LogP contribution in [0.5, 0.6) is 5.75 Å². The van der Waals surface area contributed by atoms with Crippen LogP contribution < -0.4 is 10.5 Å². The van der Waals surface area contributed by atoms with Gasteiger partial charge in [-0.25, -0.2) is 13.6 Å². The molecule has 226 valence electrons. The number of ether oxygens (including phenoxy) is 1. The van der Waals surface area contributed by atoms with E-state index in [2.05, 4.69) is 4.98 Å². The van der Waals surface area contributed by atoms with E-state index in [1.165, 1.54) is 23.1 Å². The lowest BCUT2D eigenvalue weighted by Gasteiger charge is -2.42. The average Bonchev–Trinajstić information content (AvgIpc) is 3.49. The first-order valence-corrected chi connectivity index (χ1v) is 13.5. The van der Waals surface area contributed by atoms with Crippen molar-refractivity contribution >= 4 is 17.0 Å². The second-order valence-electron chi connectivity index (χ2n) is 11.0. The van der Waals surface area contributed by atoms with Crippen LogP contribution in [0.25, 0.3) is 11.1 Å². The molecule has 2 aromatic carbocycles. The molecule has 0 radical (unpaired) electrons. The van der Waals surface area contributed by atoms with Gasteiger partial charge in [-0.3, -0.25) is 19.6 Å². The van der Waals surface area contributed by atoms with Crippen LogP contribution in [0.4, 0.5) is 22.0 Å². The molecule has 1 N–H and O–H groups in total. The molecule has 3 atom stereocenters. The third-order valence-corrected chi connectivity index (χ3v) is 7.70. The van der Waals surface area contributed by atoms with Gasteiger partial charge in [0.2, 0.25) is 5.91 Å². The van der Waals surface area contributed by atoms with E-state index in [9.17, 15) is 27.2 Å². The SMILES string of the molecule is C[C@@H]1Cc2c(ccc3[nH]c(=O)oc23)[C@@H](c2c(F)cc(F)cc2O[C@@H]2CCN(C/C=C/C(=O)N(C)C)C2)N1CC(F)(F)F. The maximum absolute atomic E-state index is 15.7. The zero-order valence-electron chi connectivity index (χ0n) is 23.3. The summed E-state index contributed by atoms with van der Waals surface area (Å²) in [5.41, 5.74) is 1.13. The number of carbonyl (C=O) groups is 1. The number of oxazole rings is 1. The minimum absolute atomic E-state index is 0.112. The molecule has 0 aliphatic carbocycles. The quantitative estimate of drug-likeness (QED) is 0.323. The standard InChI is InChI=1S/C29H31F5N4O4/c1-16-11-20-19(6-7-22-27(20)42-28(40)35-22)26(38(16)15-29(32,33)34)25-21(31)12-17(30)13-23(25)41-18-8-10-37(14-18)9-4-5-24(39)36(2)3/h4-7,12-13,16,18,26H,8-11,14-15H2,1-3H3,(H,35,40)/b5-4+/t16-,18-,26+/m1/s1. The van der Waals surface area contributed by atoms with Gasteiger partial charge >= 0.3 is 11.9 Å². The average molecular weight is 595 g/mol. The van der Waals surface area contributed by atoms with Crippen LogP contribution in [0.1, 0.15) is 36.1 Å². The third-order valence-electron chi connectivity index (χ3n) is 7.70. The predicted molar refractivity (Wildman–Crippen MR) is 144 cm³/mol. The van der Waals surface area contributed by atoms with Crippen molar-refractivity contribution in [2.75, 3.05) is 40.3 Å². The van der Waals surface area contributed by atoms with Gasteiger partial charge in [-0.05, 0) is 31.4 Å². The highest BCUT2D eigenvalue weighted by Crippen LogP contribution is 2.46. The van der Waals surface area contributed by atoms with Crippen molar-refractivity contribution in [3.63, 3.8) is 0 Å². The van der Waals surface area contributed by atoms with Crippen molar-refractivity contribution in [1.82, 2.24) is 19.7 Å². The van der Waals surface area contributed by atoms with Crippen molar-refractivity contribution in [2.45, 2.75) is 44.1 Å². The van der Waals surface area contributed by atoms with E-state index < -0.39 is 48.3 Å². The third kappa shape index (κ3) is 6.21. The summed E-state index contributed by atoms with van der Waals surface area (Å²) in [4.78, 5) is 30.8. The number of likely N-dealkylation sites (N-methyl/N-ethyl adjacent to an activating group) is 1. The number of carbonyl (C=O) groups excluding carboxylic acids is 1. The second kappa shape index (κ2) is 11.5. The Hall–Kier alpha value is -3.71. The Morgan fingerprint density at radius 1 is 1.24 bits per heavy atom. The molecule has 3 aromatic rings. The van der Waals surface area contributed by atoms with Crippen molar-refractivity contribution in [3.8, 4) is 5.75 Å². The molecule has 1 amide bonds.